The molecule has 2 aromatic carbocycles. The molecule has 2 aromatic heterocycles. The number of fused-ring (bicyclic) bond motifs is 2. The number of aromatic nitrogens is 4. The van der Waals surface area contributed by atoms with Gasteiger partial charge in [0.05, 0.1) is 42.9 Å². The van der Waals surface area contributed by atoms with E-state index in [-0.39, 0.29) is 55.1 Å². The summed E-state index contributed by atoms with van der Waals surface area (Å²) in [7, 11) is 3.05. The minimum absolute atomic E-state index is 0.0381. The highest BCUT2D eigenvalue weighted by Gasteiger charge is 2.51. The van der Waals surface area contributed by atoms with Gasteiger partial charge in [0, 0.05) is 81.9 Å². The minimum Gasteiger partial charge on any atom is -0.377 e. The normalized spacial score (nSPS) is 18.7. The fraction of sp³-hybridized carbons (Fsp3) is 0.475. The number of carbonyl (C=O) groups is 3. The van der Waals surface area contributed by atoms with Gasteiger partial charge in [0.1, 0.15) is 17.2 Å². The summed E-state index contributed by atoms with van der Waals surface area (Å²) in [6, 6.07) is 10.5. The van der Waals surface area contributed by atoms with E-state index in [1.165, 1.54) is 38.3 Å². The highest BCUT2D eigenvalue weighted by Crippen LogP contribution is 2.41. The fourth-order valence-corrected chi connectivity index (χ4v) is 8.36. The van der Waals surface area contributed by atoms with Gasteiger partial charge in [-0.2, -0.15) is 5.10 Å². The van der Waals surface area contributed by atoms with Gasteiger partial charge >= 0.3 is 0 Å². The van der Waals surface area contributed by atoms with Crippen molar-refractivity contribution in [3.63, 3.8) is 0 Å². The van der Waals surface area contributed by atoms with Crippen molar-refractivity contribution in [3.8, 4) is 0 Å². The zero-order valence-corrected chi connectivity index (χ0v) is 31.5. The third kappa shape index (κ3) is 6.93. The van der Waals surface area contributed by atoms with E-state index in [0.717, 1.165) is 61.1 Å². The monoisotopic (exact) mass is 755 g/mol. The van der Waals surface area contributed by atoms with Crippen molar-refractivity contribution in [2.75, 3.05) is 52.3 Å². The van der Waals surface area contributed by atoms with E-state index in [0.29, 0.717) is 30.4 Å². The SMILES string of the molecule is Cc1c(C(=O)Nc2ccc(CNC(=O)c3ncc4n3CCN(Cc3c(F)cc(C(=O)N(C)C)cc3F)C43COC3)cc2)cnn1C1CCN(C2CCC2)CC1. The van der Waals surface area contributed by atoms with E-state index in [9.17, 15) is 14.4 Å². The Hall–Kier alpha value is -4.99. The van der Waals surface area contributed by atoms with Crippen LogP contribution in [0.15, 0.2) is 48.8 Å². The second kappa shape index (κ2) is 14.9. The van der Waals surface area contributed by atoms with Crippen LogP contribution in [0, 0.1) is 18.6 Å². The second-order valence-corrected chi connectivity index (χ2v) is 15.5. The Kier molecular flexibility index (Phi) is 10.0. The van der Waals surface area contributed by atoms with Crippen molar-refractivity contribution < 1.29 is 27.9 Å². The van der Waals surface area contributed by atoms with Crippen LogP contribution in [-0.4, -0.2) is 105 Å². The first kappa shape index (κ1) is 37.0. The molecule has 2 saturated heterocycles. The molecule has 55 heavy (non-hydrogen) atoms. The first-order chi connectivity index (χ1) is 26.5. The summed E-state index contributed by atoms with van der Waals surface area (Å²) in [6.07, 6.45) is 9.34. The zero-order valence-electron chi connectivity index (χ0n) is 31.5. The maximum atomic E-state index is 15.2. The molecule has 1 saturated carbocycles. The molecule has 0 atom stereocenters. The van der Waals surface area contributed by atoms with Crippen LogP contribution in [-0.2, 0) is 29.9 Å². The molecule has 3 amide bonds. The molecule has 13 nitrogen and oxygen atoms in total. The number of likely N-dealkylation sites (tertiary alicyclic amines) is 1. The van der Waals surface area contributed by atoms with Crippen molar-refractivity contribution in [2.24, 2.45) is 0 Å². The first-order valence-electron chi connectivity index (χ1n) is 19.1. The predicted octanol–water partition coefficient (Wildman–Crippen LogP) is 4.48. The van der Waals surface area contributed by atoms with Crippen LogP contribution < -0.4 is 10.6 Å². The lowest BCUT2D eigenvalue weighted by Gasteiger charge is -2.52. The lowest BCUT2D eigenvalue weighted by atomic mass is 9.88. The Bertz CT molecular complexity index is 2070. The molecule has 0 unspecified atom stereocenters. The van der Waals surface area contributed by atoms with Crippen LogP contribution in [0.4, 0.5) is 14.5 Å². The first-order valence-corrected chi connectivity index (χ1v) is 19.1. The highest BCUT2D eigenvalue weighted by atomic mass is 19.1. The summed E-state index contributed by atoms with van der Waals surface area (Å²) in [5, 5.41) is 10.5. The molecule has 4 aliphatic rings. The summed E-state index contributed by atoms with van der Waals surface area (Å²) in [4.78, 5) is 49.2. The topological polar surface area (TPSA) is 130 Å². The van der Waals surface area contributed by atoms with Crippen LogP contribution in [0.25, 0.3) is 0 Å². The average Bonchev–Trinajstić information content (AvgIpc) is 3.75. The minimum atomic E-state index is -0.789. The van der Waals surface area contributed by atoms with Crippen molar-refractivity contribution in [3.05, 3.63) is 99.9 Å². The van der Waals surface area contributed by atoms with Gasteiger partial charge in [-0.25, -0.2) is 13.8 Å². The lowest BCUT2D eigenvalue weighted by molar-refractivity contribution is -0.163. The summed E-state index contributed by atoms with van der Waals surface area (Å²) in [6.45, 7) is 5.66. The highest BCUT2D eigenvalue weighted by molar-refractivity contribution is 6.04. The molecule has 1 aliphatic carbocycles. The standard InChI is InChI=1S/C40H47F2N9O4/c1-25-31(20-45-51(25)30-11-13-48(14-12-30)29-5-4-6-29)37(52)46-28-9-7-26(8-10-28)19-44-38(53)36-43-21-35-40(23-55-24-40)49(15-16-50(35)36)22-32-33(41)17-27(18-34(32)42)39(54)47(2)3/h7-10,17-18,20-21,29-30H,4-6,11-16,19,22-24H2,1-3H3,(H,44,53)(H,46,52). The average molecular weight is 756 g/mol. The number of nitrogens with one attached hydrogen (secondary N) is 2. The molecule has 0 radical (unpaired) electrons. The maximum Gasteiger partial charge on any atom is 0.287 e. The molecule has 5 heterocycles. The van der Waals surface area contributed by atoms with E-state index >= 15 is 8.78 Å². The summed E-state index contributed by atoms with van der Waals surface area (Å²) in [5.41, 5.74) is 2.76. The van der Waals surface area contributed by atoms with Crippen LogP contribution in [0.3, 0.4) is 0 Å². The Morgan fingerprint density at radius 1 is 0.927 bits per heavy atom. The second-order valence-electron chi connectivity index (χ2n) is 15.5. The number of amides is 3. The van der Waals surface area contributed by atoms with Gasteiger partial charge in [0.2, 0.25) is 0 Å². The molecular weight excluding hydrogens is 708 g/mol. The lowest BCUT2D eigenvalue weighted by Crippen LogP contribution is -2.63. The van der Waals surface area contributed by atoms with E-state index in [1.54, 1.807) is 24.5 Å². The number of rotatable bonds is 10. The van der Waals surface area contributed by atoms with Crippen molar-refractivity contribution in [1.29, 1.82) is 0 Å². The smallest absolute Gasteiger partial charge is 0.287 e. The number of ether oxygens (including phenoxy) is 1. The molecular formula is C40H47F2N9O4. The van der Waals surface area contributed by atoms with Crippen molar-refractivity contribution in [1.82, 2.24) is 39.3 Å². The molecule has 2 N–H and O–H groups in total. The zero-order chi connectivity index (χ0) is 38.4. The van der Waals surface area contributed by atoms with E-state index in [1.807, 2.05) is 33.2 Å². The van der Waals surface area contributed by atoms with Crippen LogP contribution in [0.2, 0.25) is 0 Å². The molecule has 15 heteroatoms. The largest absolute Gasteiger partial charge is 0.377 e. The Labute approximate surface area is 318 Å². The van der Waals surface area contributed by atoms with Gasteiger partial charge < -0.3 is 29.7 Å². The summed E-state index contributed by atoms with van der Waals surface area (Å²) < 4.78 is 39.9. The van der Waals surface area contributed by atoms with E-state index in [2.05, 4.69) is 25.6 Å². The summed E-state index contributed by atoms with van der Waals surface area (Å²) >= 11 is 0. The van der Waals surface area contributed by atoms with Gasteiger partial charge in [0.15, 0.2) is 5.82 Å². The van der Waals surface area contributed by atoms with Crippen LogP contribution in [0.5, 0.6) is 0 Å². The number of anilines is 1. The van der Waals surface area contributed by atoms with Gasteiger partial charge in [-0.05, 0) is 62.4 Å². The Balaban J connectivity index is 0.867. The van der Waals surface area contributed by atoms with Gasteiger partial charge in [0.25, 0.3) is 17.7 Å². The quantitative estimate of drug-likeness (QED) is 0.243. The molecule has 4 aromatic rings. The maximum absolute atomic E-state index is 15.2. The molecule has 0 bridgehead atoms. The van der Waals surface area contributed by atoms with E-state index in [4.69, 9.17) is 4.74 Å². The number of carbonyl (C=O) groups excluding carboxylic acids is 3. The number of benzene rings is 2. The van der Waals surface area contributed by atoms with Crippen molar-refractivity contribution >= 4 is 23.4 Å². The molecule has 290 valence electrons. The Morgan fingerprint density at radius 3 is 2.25 bits per heavy atom. The number of piperidine rings is 1. The molecule has 8 rings (SSSR count). The van der Waals surface area contributed by atoms with E-state index < -0.39 is 23.1 Å². The Morgan fingerprint density at radius 2 is 1.64 bits per heavy atom. The molecule has 3 fully saturated rings. The van der Waals surface area contributed by atoms with Crippen LogP contribution in [0.1, 0.15) is 92.0 Å². The third-order valence-corrected chi connectivity index (χ3v) is 11.9. The van der Waals surface area contributed by atoms with Gasteiger partial charge in [-0.15, -0.1) is 0 Å². The van der Waals surface area contributed by atoms with Crippen LogP contribution >= 0.6 is 0 Å². The van der Waals surface area contributed by atoms with Gasteiger partial charge in [-0.3, -0.25) is 24.0 Å². The number of nitrogens with zero attached hydrogens (tertiary/aromatic N) is 7. The summed E-state index contributed by atoms with van der Waals surface area (Å²) in [5.74, 6) is -2.38. The van der Waals surface area contributed by atoms with Crippen molar-refractivity contribution in [2.45, 2.75) is 76.3 Å². The molecule has 1 spiro atoms. The number of imidazole rings is 1. The number of halogens is 2. The fourth-order valence-electron chi connectivity index (χ4n) is 8.36. The number of hydrogen-bond acceptors (Lipinski definition) is 8. The third-order valence-electron chi connectivity index (χ3n) is 11.9. The molecule has 3 aliphatic heterocycles. The number of hydrogen-bond donors (Lipinski definition) is 2. The van der Waals surface area contributed by atoms with Gasteiger partial charge in [-0.1, -0.05) is 18.6 Å². The predicted molar refractivity (Wildman–Crippen MR) is 200 cm³/mol.